The number of pyridine rings is 1. The highest BCUT2D eigenvalue weighted by molar-refractivity contribution is 5.69. The van der Waals surface area contributed by atoms with Crippen LogP contribution in [0.5, 0.6) is 0 Å². The van der Waals surface area contributed by atoms with Crippen LogP contribution in [0.15, 0.2) is 30.6 Å². The lowest BCUT2D eigenvalue weighted by Gasteiger charge is -2.51. The van der Waals surface area contributed by atoms with Crippen LogP contribution >= 0.6 is 0 Å². The Hall–Kier alpha value is -2.12. The largest absolute Gasteiger partial charge is 0.444 e. The molecule has 2 aliphatic heterocycles. The molecule has 0 aliphatic carbocycles. The summed E-state index contributed by atoms with van der Waals surface area (Å²) in [6.07, 6.45) is 4.09. The number of nitrogens with zero attached hydrogens (tertiary/aromatic N) is 3. The lowest BCUT2D eigenvalue weighted by atomic mass is 9.79. The number of aromatic nitrogens is 2. The number of aliphatic hydroxyl groups is 1. The number of rotatable bonds is 1. The van der Waals surface area contributed by atoms with Gasteiger partial charge >= 0.3 is 6.09 Å². The van der Waals surface area contributed by atoms with E-state index in [1.54, 1.807) is 11.1 Å². The molecule has 2 atom stereocenters. The van der Waals surface area contributed by atoms with Gasteiger partial charge in [-0.25, -0.2) is 9.78 Å². The third-order valence-electron chi connectivity index (χ3n) is 5.05. The van der Waals surface area contributed by atoms with Crippen molar-refractivity contribution >= 4 is 11.7 Å². The van der Waals surface area contributed by atoms with E-state index in [0.717, 1.165) is 11.3 Å². The molecule has 7 heteroatoms. The molecule has 0 radical (unpaired) electrons. The van der Waals surface area contributed by atoms with E-state index in [2.05, 4.69) is 4.98 Å². The minimum atomic E-state index is -1.06. The van der Waals surface area contributed by atoms with Crippen LogP contribution in [0.4, 0.5) is 4.79 Å². The molecule has 2 aliphatic rings. The predicted octanol–water partition coefficient (Wildman–Crippen LogP) is 2.32. The molecule has 2 fully saturated rings. The number of fused-ring (bicyclic) bond motifs is 3. The molecular weight excluding hydrogens is 334 g/mol. The van der Waals surface area contributed by atoms with Crippen molar-refractivity contribution in [2.24, 2.45) is 0 Å². The maximum absolute atomic E-state index is 12.7. The number of morpholine rings is 1. The van der Waals surface area contributed by atoms with Crippen molar-refractivity contribution in [3.05, 3.63) is 36.3 Å². The van der Waals surface area contributed by atoms with Gasteiger partial charge < -0.3 is 19.0 Å². The highest BCUT2D eigenvalue weighted by atomic mass is 16.6. The summed E-state index contributed by atoms with van der Waals surface area (Å²) in [5, 5.41) is 11.5. The quantitative estimate of drug-likeness (QED) is 0.846. The summed E-state index contributed by atoms with van der Waals surface area (Å²) >= 11 is 0. The average Bonchev–Trinajstić information content (AvgIpc) is 2.97. The number of imidazole rings is 1. The number of carbonyl (C=O) groups is 1. The molecule has 2 aromatic heterocycles. The van der Waals surface area contributed by atoms with Crippen LogP contribution in [0.3, 0.4) is 0 Å². The zero-order chi connectivity index (χ0) is 18.5. The number of ether oxygens (including phenoxy) is 2. The van der Waals surface area contributed by atoms with Crippen molar-refractivity contribution in [3.8, 4) is 0 Å². The van der Waals surface area contributed by atoms with Crippen molar-refractivity contribution in [3.63, 3.8) is 0 Å². The first-order chi connectivity index (χ1) is 12.3. The number of piperidine rings is 1. The molecule has 2 saturated heterocycles. The van der Waals surface area contributed by atoms with Crippen LogP contribution in [0.1, 0.15) is 39.3 Å². The van der Waals surface area contributed by atoms with Crippen LogP contribution in [-0.2, 0) is 15.1 Å². The summed E-state index contributed by atoms with van der Waals surface area (Å²) in [5.41, 5.74) is -0.0548. The Bertz CT molecular complexity index is 812. The smallest absolute Gasteiger partial charge is 0.410 e. The van der Waals surface area contributed by atoms with E-state index in [1.807, 2.05) is 49.6 Å². The van der Waals surface area contributed by atoms with E-state index < -0.39 is 11.2 Å². The number of hydrogen-bond donors (Lipinski definition) is 1. The molecule has 26 heavy (non-hydrogen) atoms. The van der Waals surface area contributed by atoms with Gasteiger partial charge in [0.15, 0.2) is 0 Å². The zero-order valence-corrected chi connectivity index (χ0v) is 15.4. The first kappa shape index (κ1) is 17.3. The molecule has 2 unspecified atom stereocenters. The maximum Gasteiger partial charge on any atom is 0.410 e. The monoisotopic (exact) mass is 359 g/mol. The van der Waals surface area contributed by atoms with Gasteiger partial charge in [0.2, 0.25) is 0 Å². The van der Waals surface area contributed by atoms with Gasteiger partial charge in [-0.3, -0.25) is 4.90 Å². The van der Waals surface area contributed by atoms with Crippen molar-refractivity contribution in [1.29, 1.82) is 0 Å². The van der Waals surface area contributed by atoms with Crippen molar-refractivity contribution < 1.29 is 19.4 Å². The first-order valence-corrected chi connectivity index (χ1v) is 9.01. The Morgan fingerprint density at radius 2 is 2.00 bits per heavy atom. The van der Waals surface area contributed by atoms with Crippen molar-refractivity contribution in [2.45, 2.75) is 56.9 Å². The molecule has 7 nitrogen and oxygen atoms in total. The molecule has 0 spiro atoms. The van der Waals surface area contributed by atoms with Crippen molar-refractivity contribution in [2.75, 3.05) is 13.2 Å². The normalized spacial score (nSPS) is 29.0. The fourth-order valence-corrected chi connectivity index (χ4v) is 4.08. The highest BCUT2D eigenvalue weighted by Crippen LogP contribution is 2.41. The minimum absolute atomic E-state index is 0.225. The van der Waals surface area contributed by atoms with Gasteiger partial charge in [0.1, 0.15) is 16.8 Å². The molecule has 1 N–H and O–H groups in total. The summed E-state index contributed by atoms with van der Waals surface area (Å²) in [5.74, 6) is 0. The predicted molar refractivity (Wildman–Crippen MR) is 94.8 cm³/mol. The Balaban J connectivity index is 1.64. The van der Waals surface area contributed by atoms with Crippen LogP contribution in [0, 0.1) is 0 Å². The second-order valence-corrected chi connectivity index (χ2v) is 8.24. The van der Waals surface area contributed by atoms with E-state index in [4.69, 9.17) is 9.47 Å². The van der Waals surface area contributed by atoms with Gasteiger partial charge in [-0.1, -0.05) is 6.07 Å². The molecular formula is C19H25N3O4. The Morgan fingerprint density at radius 3 is 2.65 bits per heavy atom. The first-order valence-electron chi connectivity index (χ1n) is 9.01. The van der Waals surface area contributed by atoms with Gasteiger partial charge in [-0.15, -0.1) is 0 Å². The van der Waals surface area contributed by atoms with Gasteiger partial charge in [-0.05, 0) is 32.9 Å². The minimum Gasteiger partial charge on any atom is -0.444 e. The summed E-state index contributed by atoms with van der Waals surface area (Å²) in [7, 11) is 0. The standard InChI is InChI=1S/C19H25N3O4/c1-18(2,3)26-17(23)22-13-8-19(24,9-14(22)12-25-11-13)15-10-20-16-6-4-5-7-21(15)16/h4-7,10,13-14,24H,8-9,11-12H2,1-3H3. The summed E-state index contributed by atoms with van der Waals surface area (Å²) in [4.78, 5) is 18.8. The van der Waals surface area contributed by atoms with E-state index >= 15 is 0 Å². The summed E-state index contributed by atoms with van der Waals surface area (Å²) in [6, 6.07) is 5.30. The SMILES string of the molecule is CC(C)(C)OC(=O)N1C2COCC1CC(O)(c1cnc3ccccn13)C2. The van der Waals surface area contributed by atoms with E-state index in [-0.39, 0.29) is 18.2 Å². The lowest BCUT2D eigenvalue weighted by Crippen LogP contribution is -2.63. The summed E-state index contributed by atoms with van der Waals surface area (Å²) in [6.45, 7) is 6.37. The Kier molecular flexibility index (Phi) is 3.96. The topological polar surface area (TPSA) is 76.3 Å². The molecule has 4 heterocycles. The highest BCUT2D eigenvalue weighted by Gasteiger charge is 2.50. The van der Waals surface area contributed by atoms with Gasteiger partial charge in [0.05, 0.1) is 37.2 Å². The molecule has 0 saturated carbocycles. The van der Waals surface area contributed by atoms with Gasteiger partial charge in [0, 0.05) is 19.0 Å². The number of carbonyl (C=O) groups excluding carboxylic acids is 1. The third-order valence-corrected chi connectivity index (χ3v) is 5.05. The molecule has 2 bridgehead atoms. The van der Waals surface area contributed by atoms with Gasteiger partial charge in [-0.2, -0.15) is 0 Å². The van der Waals surface area contributed by atoms with E-state index in [0.29, 0.717) is 26.1 Å². The molecule has 1 amide bonds. The third kappa shape index (κ3) is 2.95. The zero-order valence-electron chi connectivity index (χ0n) is 15.4. The number of amides is 1. The summed E-state index contributed by atoms with van der Waals surface area (Å²) < 4.78 is 13.2. The van der Waals surface area contributed by atoms with Crippen LogP contribution in [-0.4, -0.2) is 56.4 Å². The second-order valence-electron chi connectivity index (χ2n) is 8.24. The fraction of sp³-hybridized carbons (Fsp3) is 0.579. The van der Waals surface area contributed by atoms with Crippen LogP contribution in [0.25, 0.3) is 5.65 Å². The number of hydrogen-bond acceptors (Lipinski definition) is 5. The van der Waals surface area contributed by atoms with E-state index in [9.17, 15) is 9.90 Å². The average molecular weight is 359 g/mol. The van der Waals surface area contributed by atoms with Crippen LogP contribution in [0.2, 0.25) is 0 Å². The molecule has 0 aromatic carbocycles. The lowest BCUT2D eigenvalue weighted by molar-refractivity contribution is -0.142. The second kappa shape index (κ2) is 5.96. The Morgan fingerprint density at radius 1 is 1.31 bits per heavy atom. The maximum atomic E-state index is 12.7. The molecule has 2 aromatic rings. The Labute approximate surface area is 152 Å². The molecule has 4 rings (SSSR count). The van der Waals surface area contributed by atoms with Crippen LogP contribution < -0.4 is 0 Å². The molecule has 140 valence electrons. The van der Waals surface area contributed by atoms with Crippen molar-refractivity contribution in [1.82, 2.24) is 14.3 Å². The fourth-order valence-electron chi connectivity index (χ4n) is 4.08. The van der Waals surface area contributed by atoms with E-state index in [1.165, 1.54) is 0 Å². The van der Waals surface area contributed by atoms with Gasteiger partial charge in [0.25, 0.3) is 0 Å².